The van der Waals surface area contributed by atoms with E-state index in [0.717, 1.165) is 19.4 Å². The van der Waals surface area contributed by atoms with Gasteiger partial charge in [-0.25, -0.2) is 13.1 Å². The average molecular weight is 399 g/mol. The minimum absolute atomic E-state index is 0. The predicted octanol–water partition coefficient (Wildman–Crippen LogP) is 2.19. The first-order valence-electron chi connectivity index (χ1n) is 7.73. The molecule has 0 saturated carbocycles. The lowest BCUT2D eigenvalue weighted by atomic mass is 10.1. The molecular formula is C15H24Cl2N2O4S. The maximum atomic E-state index is 12.5. The number of benzene rings is 1. The van der Waals surface area contributed by atoms with Gasteiger partial charge in [0.15, 0.2) is 0 Å². The maximum Gasteiger partial charge on any atom is 0.244 e. The summed E-state index contributed by atoms with van der Waals surface area (Å²) in [5.74, 6) is 0.603. The molecule has 1 atom stereocenters. The molecule has 0 aromatic heterocycles. The number of sulfonamides is 1. The standard InChI is InChI=1S/C15H23ClN2O4S.ClH/c16-13-3-4-14(22-11-12-5-8-21-10-12)15(9-13)23(19,20)18-7-2-1-6-17;/h3-4,9,12,18H,1-2,5-8,10-11,17H2;1H. The van der Waals surface area contributed by atoms with Crippen LogP contribution in [-0.4, -0.2) is 41.3 Å². The maximum absolute atomic E-state index is 12.5. The summed E-state index contributed by atoms with van der Waals surface area (Å²) in [6, 6.07) is 4.62. The number of rotatable bonds is 9. The quantitative estimate of drug-likeness (QED) is 0.622. The number of nitrogens with one attached hydrogen (secondary N) is 1. The number of unbranched alkanes of at least 4 members (excludes halogenated alkanes) is 1. The van der Waals surface area contributed by atoms with Crippen molar-refractivity contribution in [1.29, 1.82) is 0 Å². The van der Waals surface area contributed by atoms with Gasteiger partial charge in [-0.05, 0) is 44.0 Å². The summed E-state index contributed by atoms with van der Waals surface area (Å²) >= 11 is 5.95. The Morgan fingerprint density at radius 1 is 1.38 bits per heavy atom. The molecule has 1 saturated heterocycles. The first-order chi connectivity index (χ1) is 11.0. The Labute approximate surface area is 154 Å². The summed E-state index contributed by atoms with van der Waals surface area (Å²) in [5.41, 5.74) is 5.41. The van der Waals surface area contributed by atoms with Crippen molar-refractivity contribution in [3.8, 4) is 5.75 Å². The van der Waals surface area contributed by atoms with E-state index in [1.54, 1.807) is 12.1 Å². The van der Waals surface area contributed by atoms with Gasteiger partial charge < -0.3 is 15.2 Å². The third-order valence-corrected chi connectivity index (χ3v) is 5.33. The second kappa shape index (κ2) is 10.4. The van der Waals surface area contributed by atoms with E-state index >= 15 is 0 Å². The summed E-state index contributed by atoms with van der Waals surface area (Å²) in [6.07, 6.45) is 2.38. The SMILES string of the molecule is Cl.NCCCCNS(=O)(=O)c1cc(Cl)ccc1OCC1CCOC1. The fourth-order valence-electron chi connectivity index (χ4n) is 2.29. The van der Waals surface area contributed by atoms with Crippen molar-refractivity contribution < 1.29 is 17.9 Å². The smallest absolute Gasteiger partial charge is 0.244 e. The van der Waals surface area contributed by atoms with Gasteiger partial charge in [0.25, 0.3) is 0 Å². The summed E-state index contributed by atoms with van der Waals surface area (Å²) in [7, 11) is -3.67. The summed E-state index contributed by atoms with van der Waals surface area (Å²) < 4.78 is 38.5. The van der Waals surface area contributed by atoms with Crippen molar-refractivity contribution >= 4 is 34.0 Å². The molecule has 138 valence electrons. The van der Waals surface area contributed by atoms with Crippen LogP contribution in [0.5, 0.6) is 5.75 Å². The van der Waals surface area contributed by atoms with Gasteiger partial charge in [-0.2, -0.15) is 0 Å². The fraction of sp³-hybridized carbons (Fsp3) is 0.600. The number of ether oxygens (including phenoxy) is 2. The monoisotopic (exact) mass is 398 g/mol. The molecular weight excluding hydrogens is 375 g/mol. The first-order valence-corrected chi connectivity index (χ1v) is 9.59. The highest BCUT2D eigenvalue weighted by atomic mass is 35.5. The summed E-state index contributed by atoms with van der Waals surface area (Å²) in [4.78, 5) is 0.0664. The average Bonchev–Trinajstić information content (AvgIpc) is 3.04. The molecule has 0 amide bonds. The van der Waals surface area contributed by atoms with E-state index in [2.05, 4.69) is 4.72 Å². The van der Waals surface area contributed by atoms with Gasteiger partial charge in [-0.1, -0.05) is 11.6 Å². The van der Waals surface area contributed by atoms with Crippen LogP contribution in [0.2, 0.25) is 5.02 Å². The zero-order chi connectivity index (χ0) is 16.7. The van der Waals surface area contributed by atoms with Crippen LogP contribution in [-0.2, 0) is 14.8 Å². The van der Waals surface area contributed by atoms with Crippen LogP contribution < -0.4 is 15.2 Å². The molecule has 0 aliphatic carbocycles. The number of hydrogen-bond acceptors (Lipinski definition) is 5. The van der Waals surface area contributed by atoms with Crippen molar-refractivity contribution in [2.24, 2.45) is 11.7 Å². The number of hydrogen-bond donors (Lipinski definition) is 2. The van der Waals surface area contributed by atoms with Crippen molar-refractivity contribution in [2.75, 3.05) is 32.9 Å². The van der Waals surface area contributed by atoms with Crippen LogP contribution in [0, 0.1) is 5.92 Å². The number of halogens is 2. The number of nitrogens with two attached hydrogens (primary N) is 1. The predicted molar refractivity (Wildman–Crippen MR) is 96.6 cm³/mol. The van der Waals surface area contributed by atoms with Crippen molar-refractivity contribution in [1.82, 2.24) is 4.72 Å². The van der Waals surface area contributed by atoms with E-state index in [0.29, 0.717) is 49.4 Å². The highest BCUT2D eigenvalue weighted by Crippen LogP contribution is 2.28. The van der Waals surface area contributed by atoms with Crippen LogP contribution in [0.3, 0.4) is 0 Å². The lowest BCUT2D eigenvalue weighted by molar-refractivity contribution is 0.166. The van der Waals surface area contributed by atoms with E-state index in [-0.39, 0.29) is 17.3 Å². The highest BCUT2D eigenvalue weighted by molar-refractivity contribution is 7.89. The minimum atomic E-state index is -3.67. The molecule has 0 radical (unpaired) electrons. The zero-order valence-electron chi connectivity index (χ0n) is 13.4. The van der Waals surface area contributed by atoms with E-state index in [4.69, 9.17) is 26.8 Å². The molecule has 1 fully saturated rings. The lowest BCUT2D eigenvalue weighted by Gasteiger charge is -2.15. The highest BCUT2D eigenvalue weighted by Gasteiger charge is 2.22. The van der Waals surface area contributed by atoms with Crippen LogP contribution in [0.1, 0.15) is 19.3 Å². The molecule has 24 heavy (non-hydrogen) atoms. The van der Waals surface area contributed by atoms with Crippen molar-refractivity contribution in [3.05, 3.63) is 23.2 Å². The molecule has 1 aromatic rings. The molecule has 1 aliphatic heterocycles. The third-order valence-electron chi connectivity index (χ3n) is 3.62. The second-order valence-corrected chi connectivity index (χ2v) is 7.70. The van der Waals surface area contributed by atoms with E-state index in [1.807, 2.05) is 0 Å². The van der Waals surface area contributed by atoms with E-state index in [1.165, 1.54) is 6.07 Å². The van der Waals surface area contributed by atoms with Crippen molar-refractivity contribution in [2.45, 2.75) is 24.2 Å². The van der Waals surface area contributed by atoms with Gasteiger partial charge in [0.1, 0.15) is 10.6 Å². The Bertz CT molecular complexity index is 607. The van der Waals surface area contributed by atoms with Crippen molar-refractivity contribution in [3.63, 3.8) is 0 Å². The van der Waals surface area contributed by atoms with Gasteiger partial charge in [0, 0.05) is 24.1 Å². The molecule has 9 heteroatoms. The summed E-state index contributed by atoms with van der Waals surface area (Å²) in [6.45, 7) is 2.67. The minimum Gasteiger partial charge on any atom is -0.492 e. The molecule has 0 spiro atoms. The van der Waals surface area contributed by atoms with Gasteiger partial charge >= 0.3 is 0 Å². The van der Waals surface area contributed by atoms with Gasteiger partial charge in [0.05, 0.1) is 13.2 Å². The lowest BCUT2D eigenvalue weighted by Crippen LogP contribution is -2.26. The van der Waals surface area contributed by atoms with Gasteiger partial charge in [0.2, 0.25) is 10.0 Å². The van der Waals surface area contributed by atoms with E-state index < -0.39 is 10.0 Å². The molecule has 6 nitrogen and oxygen atoms in total. The molecule has 1 heterocycles. The van der Waals surface area contributed by atoms with Crippen LogP contribution in [0.25, 0.3) is 0 Å². The normalized spacial score (nSPS) is 17.5. The molecule has 3 N–H and O–H groups in total. The second-order valence-electron chi connectivity index (χ2n) is 5.53. The Balaban J connectivity index is 0.00000288. The van der Waals surface area contributed by atoms with E-state index in [9.17, 15) is 8.42 Å². The van der Waals surface area contributed by atoms with Gasteiger partial charge in [-0.15, -0.1) is 12.4 Å². The molecule has 0 bridgehead atoms. The first kappa shape index (κ1) is 21.5. The third kappa shape index (κ3) is 6.38. The fourth-order valence-corrected chi connectivity index (χ4v) is 3.77. The molecule has 1 unspecified atom stereocenters. The topological polar surface area (TPSA) is 90.7 Å². The molecule has 2 rings (SSSR count). The van der Waals surface area contributed by atoms with Gasteiger partial charge in [-0.3, -0.25) is 0 Å². The zero-order valence-corrected chi connectivity index (χ0v) is 15.8. The largest absolute Gasteiger partial charge is 0.492 e. The Morgan fingerprint density at radius 3 is 2.83 bits per heavy atom. The molecule has 1 aliphatic rings. The Morgan fingerprint density at radius 2 is 2.17 bits per heavy atom. The molecule has 1 aromatic carbocycles. The van der Waals surface area contributed by atoms with Crippen LogP contribution in [0.15, 0.2) is 23.1 Å². The summed E-state index contributed by atoms with van der Waals surface area (Å²) in [5, 5.41) is 0.351. The Hall–Kier alpha value is -0.570. The van der Waals surface area contributed by atoms with Crippen LogP contribution >= 0.6 is 24.0 Å². The van der Waals surface area contributed by atoms with Crippen LogP contribution in [0.4, 0.5) is 0 Å². The Kier molecular flexibility index (Phi) is 9.33.